The second kappa shape index (κ2) is 7.71. The van der Waals surface area contributed by atoms with Crippen molar-refractivity contribution in [2.45, 2.75) is 0 Å². The van der Waals surface area contributed by atoms with Crippen LogP contribution in [0.5, 0.6) is 0 Å². The van der Waals surface area contributed by atoms with E-state index in [1.54, 1.807) is 0 Å². The molecule has 112 valence electrons. The Labute approximate surface area is 144 Å². The molecule has 0 aliphatic heterocycles. The summed E-state index contributed by atoms with van der Waals surface area (Å²) in [6, 6.07) is 5.19. The minimum atomic E-state index is -1.50. The molecular weight excluding hydrogens is 307 g/mol. The van der Waals surface area contributed by atoms with Crippen LogP contribution in [-0.2, 0) is 0 Å². The molecule has 2 aromatic rings. The molecule has 0 amide bonds. The number of aromatic nitrogens is 2. The van der Waals surface area contributed by atoms with Crippen LogP contribution in [-0.4, -0.2) is 67.2 Å². The van der Waals surface area contributed by atoms with Gasteiger partial charge >= 0.3 is 47.2 Å². The Morgan fingerprint density at radius 2 is 1.64 bits per heavy atom. The standard InChI is InChI=1S/C12H8N2O6.Na.H2O.H/c15-9-7(8(11(18)19)13-12(20)14-9)5-2-1-3-6(4-5)10(16)17;;;/h1-4H,(H,16,17)(H,18,19)(H2,13,14,15,20);;1H2;. The summed E-state index contributed by atoms with van der Waals surface area (Å²) in [6.07, 6.45) is 0. The van der Waals surface area contributed by atoms with Gasteiger partial charge in [-0.2, -0.15) is 0 Å². The molecule has 0 bridgehead atoms. The van der Waals surface area contributed by atoms with E-state index >= 15 is 0 Å². The number of rotatable bonds is 3. The van der Waals surface area contributed by atoms with Gasteiger partial charge in [-0.05, 0) is 17.7 Å². The van der Waals surface area contributed by atoms with Gasteiger partial charge in [0.25, 0.3) is 5.56 Å². The number of carboxylic acid groups (broad SMARTS) is 2. The van der Waals surface area contributed by atoms with E-state index in [1.165, 1.54) is 18.2 Å². The van der Waals surface area contributed by atoms with Crippen LogP contribution in [0, 0.1) is 0 Å². The van der Waals surface area contributed by atoms with Crippen molar-refractivity contribution in [1.29, 1.82) is 0 Å². The zero-order valence-corrected chi connectivity index (χ0v) is 10.3. The number of hydrogen-bond acceptors (Lipinski definition) is 4. The van der Waals surface area contributed by atoms with E-state index in [-0.39, 0.29) is 51.7 Å². The second-order valence-corrected chi connectivity index (χ2v) is 3.85. The molecule has 0 aliphatic carbocycles. The number of aromatic amines is 2. The fourth-order valence-corrected chi connectivity index (χ4v) is 1.73. The van der Waals surface area contributed by atoms with Gasteiger partial charge in [0.1, 0.15) is 5.69 Å². The Balaban J connectivity index is 0.00000220. The number of hydrogen-bond donors (Lipinski definition) is 4. The van der Waals surface area contributed by atoms with E-state index < -0.39 is 28.9 Å². The van der Waals surface area contributed by atoms with Gasteiger partial charge in [-0.15, -0.1) is 0 Å². The summed E-state index contributed by atoms with van der Waals surface area (Å²) >= 11 is 0. The third-order valence-electron chi connectivity index (χ3n) is 2.55. The molecule has 0 fully saturated rings. The summed E-state index contributed by atoms with van der Waals surface area (Å²) in [5, 5.41) is 17.9. The van der Waals surface area contributed by atoms with E-state index in [9.17, 15) is 19.2 Å². The first-order valence-corrected chi connectivity index (χ1v) is 5.34. The summed E-state index contributed by atoms with van der Waals surface area (Å²) in [6.45, 7) is 0. The van der Waals surface area contributed by atoms with Crippen molar-refractivity contribution < 1.29 is 25.3 Å². The van der Waals surface area contributed by atoms with Crippen LogP contribution in [0.4, 0.5) is 0 Å². The van der Waals surface area contributed by atoms with E-state index in [0.29, 0.717) is 0 Å². The van der Waals surface area contributed by atoms with Crippen molar-refractivity contribution >= 4 is 41.5 Å². The van der Waals surface area contributed by atoms with Gasteiger partial charge in [-0.1, -0.05) is 12.1 Å². The first-order valence-electron chi connectivity index (χ1n) is 5.34. The summed E-state index contributed by atoms with van der Waals surface area (Å²) in [4.78, 5) is 48.7. The summed E-state index contributed by atoms with van der Waals surface area (Å²) < 4.78 is 0. The predicted molar refractivity (Wildman–Crippen MR) is 77.8 cm³/mol. The molecule has 0 atom stereocenters. The number of aromatic carboxylic acids is 2. The van der Waals surface area contributed by atoms with Gasteiger partial charge in [-0.3, -0.25) is 9.78 Å². The Kier molecular flexibility index (Phi) is 6.94. The zero-order chi connectivity index (χ0) is 14.9. The van der Waals surface area contributed by atoms with Crippen LogP contribution < -0.4 is 11.2 Å². The Hall–Kier alpha value is -2.20. The summed E-state index contributed by atoms with van der Waals surface area (Å²) in [5.41, 5.74) is -2.79. The predicted octanol–water partition coefficient (Wildman–Crippen LogP) is -1.35. The van der Waals surface area contributed by atoms with Gasteiger partial charge in [0.15, 0.2) is 0 Å². The van der Waals surface area contributed by atoms with Gasteiger partial charge in [-0.25, -0.2) is 14.4 Å². The zero-order valence-electron chi connectivity index (χ0n) is 10.3. The molecule has 9 nitrogen and oxygen atoms in total. The average molecular weight is 318 g/mol. The number of nitrogens with one attached hydrogen (secondary N) is 2. The van der Waals surface area contributed by atoms with E-state index in [1.807, 2.05) is 9.97 Å². The quantitative estimate of drug-likeness (QED) is 0.509. The van der Waals surface area contributed by atoms with Crippen molar-refractivity contribution in [3.63, 3.8) is 0 Å². The van der Waals surface area contributed by atoms with Crippen molar-refractivity contribution in [2.24, 2.45) is 0 Å². The van der Waals surface area contributed by atoms with Crippen molar-refractivity contribution in [3.05, 3.63) is 56.4 Å². The number of benzene rings is 1. The van der Waals surface area contributed by atoms with Gasteiger partial charge in [0.05, 0.1) is 11.1 Å². The molecule has 0 saturated carbocycles. The maximum absolute atomic E-state index is 11.8. The third-order valence-corrected chi connectivity index (χ3v) is 2.55. The number of carbonyl (C=O) groups is 2. The molecule has 1 aromatic carbocycles. The maximum atomic E-state index is 11.8. The van der Waals surface area contributed by atoms with Crippen LogP contribution >= 0.6 is 0 Å². The van der Waals surface area contributed by atoms with Crippen LogP contribution in [0.1, 0.15) is 20.8 Å². The summed E-state index contributed by atoms with van der Waals surface area (Å²) in [7, 11) is 0. The van der Waals surface area contributed by atoms with Gasteiger partial charge < -0.3 is 20.7 Å². The normalized spacial score (nSPS) is 9.27. The fraction of sp³-hybridized carbons (Fsp3) is 0. The minimum absolute atomic E-state index is 0. The van der Waals surface area contributed by atoms with Gasteiger partial charge in [0.2, 0.25) is 0 Å². The molecule has 0 radical (unpaired) electrons. The molecular formula is C12H11N2NaO7. The molecule has 2 rings (SSSR count). The van der Waals surface area contributed by atoms with Crippen molar-refractivity contribution in [2.75, 3.05) is 0 Å². The first kappa shape index (κ1) is 19.8. The SMILES string of the molecule is O.O=C(O)c1cccc(-c2c(C(=O)O)[nH]c(=O)[nH]c2=O)c1.[NaH]. The molecule has 0 aliphatic rings. The molecule has 6 N–H and O–H groups in total. The number of carboxylic acids is 2. The van der Waals surface area contributed by atoms with E-state index in [2.05, 4.69) is 0 Å². The van der Waals surface area contributed by atoms with Crippen LogP contribution in [0.3, 0.4) is 0 Å². The Bertz CT molecular complexity index is 825. The average Bonchev–Trinajstić information content (AvgIpc) is 2.37. The second-order valence-electron chi connectivity index (χ2n) is 3.85. The fourth-order valence-electron chi connectivity index (χ4n) is 1.73. The molecule has 22 heavy (non-hydrogen) atoms. The molecule has 1 aromatic heterocycles. The molecule has 10 heteroatoms. The van der Waals surface area contributed by atoms with Crippen LogP contribution in [0.2, 0.25) is 0 Å². The summed E-state index contributed by atoms with van der Waals surface area (Å²) in [5.74, 6) is -2.71. The van der Waals surface area contributed by atoms with Crippen molar-refractivity contribution in [1.82, 2.24) is 9.97 Å². The molecule has 0 saturated heterocycles. The molecule has 0 spiro atoms. The van der Waals surface area contributed by atoms with E-state index in [0.717, 1.165) is 6.07 Å². The van der Waals surface area contributed by atoms with Gasteiger partial charge in [0, 0.05) is 0 Å². The van der Waals surface area contributed by atoms with Crippen LogP contribution in [0.15, 0.2) is 33.9 Å². The van der Waals surface area contributed by atoms with Crippen molar-refractivity contribution in [3.8, 4) is 11.1 Å². The van der Waals surface area contributed by atoms with Crippen LogP contribution in [0.25, 0.3) is 11.1 Å². The third kappa shape index (κ3) is 3.92. The number of H-pyrrole nitrogens is 2. The first-order chi connectivity index (χ1) is 9.40. The Morgan fingerprint density at radius 1 is 1.00 bits per heavy atom. The topological polar surface area (TPSA) is 172 Å². The molecule has 1 heterocycles. The molecule has 0 unspecified atom stereocenters. The Morgan fingerprint density at radius 3 is 2.18 bits per heavy atom. The monoisotopic (exact) mass is 318 g/mol. The van der Waals surface area contributed by atoms with E-state index in [4.69, 9.17) is 10.2 Å².